The van der Waals surface area contributed by atoms with Gasteiger partial charge in [-0.2, -0.15) is 4.39 Å². The third-order valence-electron chi connectivity index (χ3n) is 1.35. The maximum absolute atomic E-state index is 12.5. The van der Waals surface area contributed by atoms with Crippen LogP contribution in [0.3, 0.4) is 0 Å². The third kappa shape index (κ3) is 3.78. The van der Waals surface area contributed by atoms with E-state index in [1.54, 1.807) is 5.38 Å². The molecule has 1 heterocycles. The first-order chi connectivity index (χ1) is 6.22. The number of carbonyl (C=O) groups is 1. The van der Waals surface area contributed by atoms with Gasteiger partial charge in [0.25, 0.3) is 0 Å². The van der Waals surface area contributed by atoms with Gasteiger partial charge in [0.2, 0.25) is 0 Å². The molecular weight excluding hydrogens is 211 g/mol. The van der Waals surface area contributed by atoms with Crippen molar-refractivity contribution < 1.29 is 13.9 Å². The van der Waals surface area contributed by atoms with Crippen molar-refractivity contribution in [1.82, 2.24) is 0 Å². The summed E-state index contributed by atoms with van der Waals surface area (Å²) in [5.74, 6) is 0.395. The topological polar surface area (TPSA) is 26.3 Å². The van der Waals surface area contributed by atoms with Crippen molar-refractivity contribution in [2.45, 2.75) is 11.3 Å². The lowest BCUT2D eigenvalue weighted by molar-refractivity contribution is -0.140. The fraction of sp³-hybridized carbons (Fsp3) is 0.375. The quantitative estimate of drug-likeness (QED) is 0.576. The number of methoxy groups -OCH3 is 1. The Kier molecular flexibility index (Phi) is 4.24. The van der Waals surface area contributed by atoms with Crippen molar-refractivity contribution in [2.75, 3.05) is 12.9 Å². The molecule has 0 N–H and O–H groups in total. The minimum atomic E-state index is -0.233. The van der Waals surface area contributed by atoms with Gasteiger partial charge in [-0.3, -0.25) is 4.79 Å². The van der Waals surface area contributed by atoms with Crippen LogP contribution in [0.2, 0.25) is 0 Å². The summed E-state index contributed by atoms with van der Waals surface area (Å²) in [6.45, 7) is 0. The largest absolute Gasteiger partial charge is 0.469 e. The normalized spacial score (nSPS) is 10.0. The minimum absolute atomic E-state index is 0.194. The Morgan fingerprint density at radius 3 is 3.08 bits per heavy atom. The molecule has 0 bridgehead atoms. The lowest BCUT2D eigenvalue weighted by atomic mass is 10.5. The lowest BCUT2D eigenvalue weighted by Gasteiger charge is -1.97. The molecule has 0 aliphatic carbocycles. The number of hydrogen-bond acceptors (Lipinski definition) is 4. The van der Waals surface area contributed by atoms with Gasteiger partial charge in [0.05, 0.1) is 13.5 Å². The summed E-state index contributed by atoms with van der Waals surface area (Å²) in [6.07, 6.45) is 0.360. The molecule has 0 spiro atoms. The predicted molar refractivity (Wildman–Crippen MR) is 51.6 cm³/mol. The van der Waals surface area contributed by atoms with Gasteiger partial charge in [-0.1, -0.05) is 0 Å². The Morgan fingerprint density at radius 1 is 1.77 bits per heavy atom. The third-order valence-corrected chi connectivity index (χ3v) is 3.19. The average Bonchev–Trinajstić information content (AvgIpc) is 2.51. The Bertz CT molecular complexity index is 285. The number of carbonyl (C=O) groups excluding carboxylic acids is 1. The summed E-state index contributed by atoms with van der Waals surface area (Å²) in [7, 11) is 1.36. The van der Waals surface area contributed by atoms with E-state index in [9.17, 15) is 9.18 Å². The summed E-state index contributed by atoms with van der Waals surface area (Å²) in [6, 6.07) is 1.46. The SMILES string of the molecule is COC(=O)CCSc1csc(F)c1. The predicted octanol–water partition coefficient (Wildman–Crippen LogP) is 2.54. The minimum Gasteiger partial charge on any atom is -0.469 e. The zero-order valence-corrected chi connectivity index (χ0v) is 8.71. The van der Waals surface area contributed by atoms with E-state index < -0.39 is 0 Å². The number of hydrogen-bond donors (Lipinski definition) is 0. The molecule has 5 heteroatoms. The number of rotatable bonds is 4. The first kappa shape index (κ1) is 10.5. The molecule has 72 valence electrons. The summed E-state index contributed by atoms with van der Waals surface area (Å²) >= 11 is 2.52. The van der Waals surface area contributed by atoms with Gasteiger partial charge in [-0.15, -0.1) is 23.1 Å². The summed E-state index contributed by atoms with van der Waals surface area (Å²) in [5, 5.41) is 1.54. The van der Waals surface area contributed by atoms with Crippen LogP contribution >= 0.6 is 23.1 Å². The Balaban J connectivity index is 2.24. The van der Waals surface area contributed by atoms with Gasteiger partial charge in [0.1, 0.15) is 0 Å². The van der Waals surface area contributed by atoms with Crippen LogP contribution in [0, 0.1) is 5.13 Å². The maximum Gasteiger partial charge on any atom is 0.306 e. The van der Waals surface area contributed by atoms with Crippen molar-refractivity contribution in [1.29, 1.82) is 0 Å². The van der Waals surface area contributed by atoms with E-state index in [1.807, 2.05) is 0 Å². The van der Waals surface area contributed by atoms with E-state index in [1.165, 1.54) is 24.9 Å². The number of halogens is 1. The van der Waals surface area contributed by atoms with Crippen molar-refractivity contribution in [3.8, 4) is 0 Å². The van der Waals surface area contributed by atoms with Gasteiger partial charge in [0, 0.05) is 16.0 Å². The fourth-order valence-corrected chi connectivity index (χ4v) is 2.40. The molecule has 0 saturated carbocycles. The van der Waals surface area contributed by atoms with Crippen molar-refractivity contribution in [2.24, 2.45) is 0 Å². The van der Waals surface area contributed by atoms with Gasteiger partial charge >= 0.3 is 5.97 Å². The molecule has 1 rings (SSSR count). The van der Waals surface area contributed by atoms with E-state index in [-0.39, 0.29) is 11.1 Å². The first-order valence-electron chi connectivity index (χ1n) is 3.66. The molecule has 0 aromatic carbocycles. The Morgan fingerprint density at radius 2 is 2.54 bits per heavy atom. The summed E-state index contributed by atoms with van der Waals surface area (Å²) in [5.41, 5.74) is 0. The van der Waals surface area contributed by atoms with Crippen LogP contribution < -0.4 is 0 Å². The number of thioether (sulfide) groups is 1. The smallest absolute Gasteiger partial charge is 0.306 e. The lowest BCUT2D eigenvalue weighted by Crippen LogP contribution is -2.00. The molecule has 0 amide bonds. The van der Waals surface area contributed by atoms with Gasteiger partial charge < -0.3 is 4.74 Å². The van der Waals surface area contributed by atoms with Crippen LogP contribution in [0.15, 0.2) is 16.3 Å². The van der Waals surface area contributed by atoms with E-state index in [0.29, 0.717) is 12.2 Å². The second-order valence-electron chi connectivity index (χ2n) is 2.26. The zero-order valence-electron chi connectivity index (χ0n) is 7.08. The molecule has 0 saturated heterocycles. The molecule has 1 aromatic heterocycles. The maximum atomic E-state index is 12.5. The highest BCUT2D eigenvalue weighted by molar-refractivity contribution is 7.99. The molecule has 0 fully saturated rings. The highest BCUT2D eigenvalue weighted by atomic mass is 32.2. The average molecular weight is 220 g/mol. The molecule has 0 radical (unpaired) electrons. The molecule has 0 unspecified atom stereocenters. The highest BCUT2D eigenvalue weighted by Crippen LogP contribution is 2.24. The highest BCUT2D eigenvalue weighted by Gasteiger charge is 2.02. The Labute approximate surface area is 84.1 Å². The van der Waals surface area contributed by atoms with Crippen LogP contribution in [0.25, 0.3) is 0 Å². The van der Waals surface area contributed by atoms with Gasteiger partial charge in [0.15, 0.2) is 5.13 Å². The van der Waals surface area contributed by atoms with Crippen LogP contribution in [0.1, 0.15) is 6.42 Å². The molecule has 2 nitrogen and oxygen atoms in total. The molecule has 13 heavy (non-hydrogen) atoms. The van der Waals surface area contributed by atoms with E-state index >= 15 is 0 Å². The van der Waals surface area contributed by atoms with E-state index in [2.05, 4.69) is 4.74 Å². The summed E-state index contributed by atoms with van der Waals surface area (Å²) < 4.78 is 17.0. The monoisotopic (exact) mass is 220 g/mol. The molecular formula is C8H9FO2S2. The number of esters is 1. The molecule has 0 aliphatic rings. The van der Waals surface area contributed by atoms with Crippen LogP contribution in [0.4, 0.5) is 4.39 Å². The zero-order chi connectivity index (χ0) is 9.68. The first-order valence-corrected chi connectivity index (χ1v) is 5.52. The fourth-order valence-electron chi connectivity index (χ4n) is 0.724. The second kappa shape index (κ2) is 5.24. The Hall–Kier alpha value is -0.550. The van der Waals surface area contributed by atoms with Crippen molar-refractivity contribution >= 4 is 29.1 Å². The van der Waals surface area contributed by atoms with Crippen molar-refractivity contribution in [3.63, 3.8) is 0 Å². The van der Waals surface area contributed by atoms with Gasteiger partial charge in [-0.05, 0) is 6.07 Å². The summed E-state index contributed by atoms with van der Waals surface area (Å²) in [4.78, 5) is 11.6. The second-order valence-corrected chi connectivity index (χ2v) is 4.29. The number of thiophene rings is 1. The number of ether oxygens (including phenoxy) is 1. The van der Waals surface area contributed by atoms with Crippen LogP contribution in [0.5, 0.6) is 0 Å². The van der Waals surface area contributed by atoms with E-state index in [0.717, 1.165) is 16.2 Å². The molecule has 1 aromatic rings. The standard InChI is InChI=1S/C8H9FO2S2/c1-11-8(10)2-3-12-6-4-7(9)13-5-6/h4-5H,2-3H2,1H3. The molecule has 0 atom stereocenters. The van der Waals surface area contributed by atoms with Crippen molar-refractivity contribution in [3.05, 3.63) is 16.6 Å². The van der Waals surface area contributed by atoms with Gasteiger partial charge in [-0.25, -0.2) is 0 Å². The van der Waals surface area contributed by atoms with E-state index in [4.69, 9.17) is 0 Å². The van der Waals surface area contributed by atoms with Crippen LogP contribution in [-0.2, 0) is 9.53 Å². The molecule has 0 aliphatic heterocycles. The van der Waals surface area contributed by atoms with Crippen LogP contribution in [-0.4, -0.2) is 18.8 Å².